The fourth-order valence-corrected chi connectivity index (χ4v) is 3.69. The number of aryl methyl sites for hydroxylation is 1. The van der Waals surface area contributed by atoms with Gasteiger partial charge in [0.15, 0.2) is 10.9 Å². The summed E-state index contributed by atoms with van der Waals surface area (Å²) < 4.78 is 0. The smallest absolute Gasteiger partial charge is 0.276 e. The van der Waals surface area contributed by atoms with E-state index >= 15 is 0 Å². The van der Waals surface area contributed by atoms with Crippen molar-refractivity contribution in [2.75, 3.05) is 5.32 Å². The number of carbonyl (C=O) groups is 1. The van der Waals surface area contributed by atoms with Crippen molar-refractivity contribution in [1.82, 2.24) is 9.97 Å². The molecule has 8 heteroatoms. The molecule has 1 N–H and O–H groups in total. The summed E-state index contributed by atoms with van der Waals surface area (Å²) >= 11 is 19.6. The minimum absolute atomic E-state index is 0.0787. The Morgan fingerprint density at radius 3 is 2.63 bits per heavy atom. The molecule has 4 nitrogen and oxygen atoms in total. The SMILES string of the molecule is Cc1ccccc1CSc1ncc(Cl)c(C(=O)Nc2cccc(Cl)c2Cl)n1. The molecule has 2 aromatic carbocycles. The predicted molar refractivity (Wildman–Crippen MR) is 112 cm³/mol. The zero-order chi connectivity index (χ0) is 19.4. The first-order valence-electron chi connectivity index (χ1n) is 7.91. The number of nitrogens with zero attached hydrogens (tertiary/aromatic N) is 2. The van der Waals surface area contributed by atoms with Gasteiger partial charge in [0.25, 0.3) is 5.91 Å². The summed E-state index contributed by atoms with van der Waals surface area (Å²) in [7, 11) is 0. The van der Waals surface area contributed by atoms with Gasteiger partial charge in [0.1, 0.15) is 0 Å². The van der Waals surface area contributed by atoms with Gasteiger partial charge in [-0.05, 0) is 30.2 Å². The molecule has 0 bridgehead atoms. The van der Waals surface area contributed by atoms with Crippen LogP contribution in [-0.2, 0) is 5.75 Å². The zero-order valence-electron chi connectivity index (χ0n) is 14.2. The van der Waals surface area contributed by atoms with Gasteiger partial charge >= 0.3 is 0 Å². The highest BCUT2D eigenvalue weighted by molar-refractivity contribution is 7.98. The van der Waals surface area contributed by atoms with Gasteiger partial charge in [0.2, 0.25) is 0 Å². The maximum Gasteiger partial charge on any atom is 0.276 e. The third-order valence-electron chi connectivity index (χ3n) is 3.75. The second-order valence-corrected chi connectivity index (χ2v) is 7.75. The molecule has 0 aliphatic carbocycles. The van der Waals surface area contributed by atoms with E-state index in [1.807, 2.05) is 31.2 Å². The van der Waals surface area contributed by atoms with Gasteiger partial charge in [-0.2, -0.15) is 0 Å². The molecule has 27 heavy (non-hydrogen) atoms. The van der Waals surface area contributed by atoms with E-state index in [4.69, 9.17) is 34.8 Å². The molecule has 138 valence electrons. The van der Waals surface area contributed by atoms with E-state index in [0.717, 1.165) is 0 Å². The second kappa shape index (κ2) is 8.93. The number of nitrogens with one attached hydrogen (secondary N) is 1. The van der Waals surface area contributed by atoms with Crippen LogP contribution in [0.15, 0.2) is 53.8 Å². The summed E-state index contributed by atoms with van der Waals surface area (Å²) in [6.07, 6.45) is 1.42. The first-order chi connectivity index (χ1) is 13.0. The third-order valence-corrected chi connectivity index (χ3v) is 5.76. The van der Waals surface area contributed by atoms with E-state index in [2.05, 4.69) is 15.3 Å². The second-order valence-electron chi connectivity index (χ2n) is 5.62. The van der Waals surface area contributed by atoms with Crippen LogP contribution < -0.4 is 5.32 Å². The quantitative estimate of drug-likeness (QED) is 0.376. The van der Waals surface area contributed by atoms with Crippen molar-refractivity contribution in [3.63, 3.8) is 0 Å². The number of anilines is 1. The van der Waals surface area contributed by atoms with Crippen molar-refractivity contribution in [3.8, 4) is 0 Å². The topological polar surface area (TPSA) is 54.9 Å². The van der Waals surface area contributed by atoms with Gasteiger partial charge in [-0.3, -0.25) is 4.79 Å². The third kappa shape index (κ3) is 4.93. The molecule has 3 aromatic rings. The number of thioether (sulfide) groups is 1. The first kappa shape index (κ1) is 20.0. The van der Waals surface area contributed by atoms with Crippen LogP contribution in [0.1, 0.15) is 21.6 Å². The summed E-state index contributed by atoms with van der Waals surface area (Å²) in [4.78, 5) is 21.1. The van der Waals surface area contributed by atoms with Gasteiger partial charge in [0, 0.05) is 5.75 Å². The molecular formula is C19H14Cl3N3OS. The molecule has 1 aromatic heterocycles. The molecule has 0 spiro atoms. The van der Waals surface area contributed by atoms with Crippen LogP contribution in [0.5, 0.6) is 0 Å². The molecular weight excluding hydrogens is 425 g/mol. The number of aromatic nitrogens is 2. The van der Waals surface area contributed by atoms with Crippen molar-refractivity contribution in [2.45, 2.75) is 17.8 Å². The van der Waals surface area contributed by atoms with Crippen LogP contribution in [0.2, 0.25) is 15.1 Å². The zero-order valence-corrected chi connectivity index (χ0v) is 17.3. The molecule has 0 saturated heterocycles. The number of hydrogen-bond donors (Lipinski definition) is 1. The Bertz CT molecular complexity index is 998. The van der Waals surface area contributed by atoms with Crippen molar-refractivity contribution < 1.29 is 4.79 Å². The van der Waals surface area contributed by atoms with E-state index < -0.39 is 5.91 Å². The Morgan fingerprint density at radius 1 is 1.07 bits per heavy atom. The normalized spacial score (nSPS) is 10.7. The van der Waals surface area contributed by atoms with Crippen LogP contribution >= 0.6 is 46.6 Å². The van der Waals surface area contributed by atoms with Crippen molar-refractivity contribution in [3.05, 3.63) is 80.6 Å². The molecule has 0 radical (unpaired) electrons. The maximum absolute atomic E-state index is 12.6. The molecule has 3 rings (SSSR count). The lowest BCUT2D eigenvalue weighted by atomic mass is 10.1. The molecule has 0 aliphatic rings. The highest BCUT2D eigenvalue weighted by Gasteiger charge is 2.17. The van der Waals surface area contributed by atoms with E-state index in [1.54, 1.807) is 18.2 Å². The van der Waals surface area contributed by atoms with E-state index in [0.29, 0.717) is 21.6 Å². The number of carbonyl (C=O) groups excluding carboxylic acids is 1. The van der Waals surface area contributed by atoms with Gasteiger partial charge in [-0.1, -0.05) is 76.9 Å². The lowest BCUT2D eigenvalue weighted by Gasteiger charge is -2.10. The Morgan fingerprint density at radius 2 is 1.85 bits per heavy atom. The van der Waals surface area contributed by atoms with Crippen molar-refractivity contribution in [1.29, 1.82) is 0 Å². The average Bonchev–Trinajstić information content (AvgIpc) is 2.66. The monoisotopic (exact) mass is 437 g/mol. The molecule has 0 aliphatic heterocycles. The van der Waals surface area contributed by atoms with Crippen LogP contribution in [0, 0.1) is 6.92 Å². The summed E-state index contributed by atoms with van der Waals surface area (Å²) in [5, 5.41) is 3.90. The molecule has 0 unspecified atom stereocenters. The van der Waals surface area contributed by atoms with Gasteiger partial charge in [-0.25, -0.2) is 9.97 Å². The molecule has 0 fully saturated rings. The fourth-order valence-electron chi connectivity index (χ4n) is 2.28. The average molecular weight is 439 g/mol. The van der Waals surface area contributed by atoms with Gasteiger partial charge in [0.05, 0.1) is 27.0 Å². The summed E-state index contributed by atoms with van der Waals surface area (Å²) in [5.74, 6) is 0.208. The number of halogens is 3. The largest absolute Gasteiger partial charge is 0.319 e. The van der Waals surface area contributed by atoms with Crippen LogP contribution in [-0.4, -0.2) is 15.9 Å². The van der Waals surface area contributed by atoms with E-state index in [-0.39, 0.29) is 15.7 Å². The number of rotatable bonds is 5. The summed E-state index contributed by atoms with van der Waals surface area (Å²) in [6.45, 7) is 2.05. The maximum atomic E-state index is 12.6. The summed E-state index contributed by atoms with van der Waals surface area (Å²) in [6, 6.07) is 13.0. The molecule has 0 saturated carbocycles. The molecule has 1 heterocycles. The minimum Gasteiger partial charge on any atom is -0.319 e. The Hall–Kier alpha value is -1.79. The standard InChI is InChI=1S/C19H14Cl3N3OS/c1-11-5-2-3-6-12(11)10-27-19-23-9-14(21)17(25-19)18(26)24-15-8-4-7-13(20)16(15)22/h2-9H,10H2,1H3,(H,24,26). The lowest BCUT2D eigenvalue weighted by Crippen LogP contribution is -2.15. The Kier molecular flexibility index (Phi) is 6.60. The van der Waals surface area contributed by atoms with Crippen molar-refractivity contribution >= 4 is 58.2 Å². The van der Waals surface area contributed by atoms with Crippen LogP contribution in [0.4, 0.5) is 5.69 Å². The predicted octanol–water partition coefficient (Wildman–Crippen LogP) is 6.29. The fraction of sp³-hybridized carbons (Fsp3) is 0.105. The highest BCUT2D eigenvalue weighted by atomic mass is 35.5. The summed E-state index contributed by atoms with van der Waals surface area (Å²) in [5.41, 5.74) is 2.83. The number of amides is 1. The molecule has 0 atom stereocenters. The van der Waals surface area contributed by atoms with E-state index in [1.165, 1.54) is 29.1 Å². The Balaban J connectivity index is 1.77. The first-order valence-corrected chi connectivity index (χ1v) is 10.0. The Labute approximate surface area is 176 Å². The number of hydrogen-bond acceptors (Lipinski definition) is 4. The lowest BCUT2D eigenvalue weighted by molar-refractivity contribution is 0.102. The molecule has 1 amide bonds. The van der Waals surface area contributed by atoms with Gasteiger partial charge in [-0.15, -0.1) is 0 Å². The van der Waals surface area contributed by atoms with Crippen molar-refractivity contribution in [2.24, 2.45) is 0 Å². The van der Waals surface area contributed by atoms with Crippen LogP contribution in [0.25, 0.3) is 0 Å². The number of benzene rings is 2. The van der Waals surface area contributed by atoms with Gasteiger partial charge < -0.3 is 5.32 Å². The van der Waals surface area contributed by atoms with Crippen LogP contribution in [0.3, 0.4) is 0 Å². The highest BCUT2D eigenvalue weighted by Crippen LogP contribution is 2.30. The van der Waals surface area contributed by atoms with E-state index in [9.17, 15) is 4.79 Å². The minimum atomic E-state index is -0.482.